The Balaban J connectivity index is 2.13. The van der Waals surface area contributed by atoms with Crippen LogP contribution in [0.2, 0.25) is 0 Å². The molecule has 1 heterocycles. The highest BCUT2D eigenvalue weighted by molar-refractivity contribution is 6.03. The van der Waals surface area contributed by atoms with Gasteiger partial charge in [-0.1, -0.05) is 25.1 Å². The first-order valence-electron chi connectivity index (χ1n) is 7.42. The zero-order chi connectivity index (χ0) is 17.0. The number of amides is 1. The van der Waals surface area contributed by atoms with Crippen LogP contribution in [0.15, 0.2) is 35.1 Å². The number of esters is 1. The van der Waals surface area contributed by atoms with Gasteiger partial charge in [-0.25, -0.2) is 4.79 Å². The van der Waals surface area contributed by atoms with Crippen LogP contribution in [-0.2, 0) is 9.53 Å². The minimum atomic E-state index is -0.697. The van der Waals surface area contributed by atoms with Gasteiger partial charge >= 0.3 is 5.97 Å². The lowest BCUT2D eigenvalue weighted by molar-refractivity contribution is -0.125. The highest BCUT2D eigenvalue weighted by Gasteiger charge is 2.20. The van der Waals surface area contributed by atoms with Crippen LogP contribution in [0.5, 0.6) is 0 Å². The molecule has 2 aromatic rings. The normalized spacial score (nSPS) is 11.3. The van der Waals surface area contributed by atoms with Crippen molar-refractivity contribution in [2.45, 2.75) is 32.7 Å². The molecule has 2 rings (SSSR count). The molecule has 1 aromatic heterocycles. The van der Waals surface area contributed by atoms with E-state index in [0.717, 1.165) is 6.42 Å². The van der Waals surface area contributed by atoms with Gasteiger partial charge in [0.2, 0.25) is 5.56 Å². The molecule has 0 spiro atoms. The summed E-state index contributed by atoms with van der Waals surface area (Å²) in [6.45, 7) is 5.34. The quantitative estimate of drug-likeness (QED) is 0.826. The topological polar surface area (TPSA) is 88.3 Å². The van der Waals surface area contributed by atoms with Crippen LogP contribution in [0.25, 0.3) is 10.9 Å². The molecule has 0 bridgehead atoms. The van der Waals surface area contributed by atoms with Crippen LogP contribution >= 0.6 is 0 Å². The van der Waals surface area contributed by atoms with Crippen LogP contribution in [0.3, 0.4) is 0 Å². The molecular formula is C17H20N2O4. The highest BCUT2D eigenvalue weighted by atomic mass is 16.5. The van der Waals surface area contributed by atoms with Crippen molar-refractivity contribution in [2.24, 2.45) is 0 Å². The lowest BCUT2D eigenvalue weighted by Gasteiger charge is -2.24. The highest BCUT2D eigenvalue weighted by Crippen LogP contribution is 2.15. The number of carbonyl (C=O) groups excluding carboxylic acids is 2. The number of carbonyl (C=O) groups is 2. The van der Waals surface area contributed by atoms with Gasteiger partial charge in [-0.15, -0.1) is 0 Å². The van der Waals surface area contributed by atoms with Crippen LogP contribution in [-0.4, -0.2) is 29.0 Å². The lowest BCUT2D eigenvalue weighted by atomic mass is 10.0. The monoisotopic (exact) mass is 316 g/mol. The first-order valence-corrected chi connectivity index (χ1v) is 7.42. The van der Waals surface area contributed by atoms with Gasteiger partial charge in [0.25, 0.3) is 5.91 Å². The van der Waals surface area contributed by atoms with E-state index >= 15 is 0 Å². The summed E-state index contributed by atoms with van der Waals surface area (Å²) in [4.78, 5) is 38.3. The summed E-state index contributed by atoms with van der Waals surface area (Å²) >= 11 is 0. The fourth-order valence-electron chi connectivity index (χ4n) is 2.08. The van der Waals surface area contributed by atoms with Gasteiger partial charge in [-0.2, -0.15) is 0 Å². The summed E-state index contributed by atoms with van der Waals surface area (Å²) in [5, 5.41) is 3.35. The Kier molecular flexibility index (Phi) is 4.83. The minimum Gasteiger partial charge on any atom is -0.452 e. The van der Waals surface area contributed by atoms with E-state index in [2.05, 4.69) is 10.3 Å². The molecule has 0 saturated heterocycles. The number of H-pyrrole nitrogens is 1. The van der Waals surface area contributed by atoms with Crippen molar-refractivity contribution >= 4 is 22.8 Å². The zero-order valence-electron chi connectivity index (χ0n) is 13.4. The first kappa shape index (κ1) is 16.7. The smallest absolute Gasteiger partial charge is 0.339 e. The molecule has 1 amide bonds. The molecule has 0 saturated carbocycles. The van der Waals surface area contributed by atoms with Crippen molar-refractivity contribution in [3.63, 3.8) is 0 Å². The fourth-order valence-corrected chi connectivity index (χ4v) is 2.08. The van der Waals surface area contributed by atoms with E-state index in [0.29, 0.717) is 10.9 Å². The van der Waals surface area contributed by atoms with Crippen LogP contribution in [0.4, 0.5) is 0 Å². The molecule has 122 valence electrons. The van der Waals surface area contributed by atoms with Crippen LogP contribution < -0.4 is 10.9 Å². The van der Waals surface area contributed by atoms with Gasteiger partial charge in [0.1, 0.15) is 0 Å². The molecule has 0 fully saturated rings. The molecule has 0 radical (unpaired) electrons. The van der Waals surface area contributed by atoms with Crippen molar-refractivity contribution in [1.29, 1.82) is 0 Å². The number of hydrogen-bond donors (Lipinski definition) is 2. The summed E-state index contributed by atoms with van der Waals surface area (Å²) in [6.07, 6.45) is 0.755. The lowest BCUT2D eigenvalue weighted by Crippen LogP contribution is -2.44. The van der Waals surface area contributed by atoms with E-state index in [-0.39, 0.29) is 23.6 Å². The number of pyridine rings is 1. The average Bonchev–Trinajstić information content (AvgIpc) is 2.51. The van der Waals surface area contributed by atoms with Gasteiger partial charge in [0, 0.05) is 22.5 Å². The Bertz CT molecular complexity index is 793. The fraction of sp³-hybridized carbons (Fsp3) is 0.353. The Morgan fingerprint density at radius 2 is 1.96 bits per heavy atom. The Labute approximate surface area is 133 Å². The molecule has 0 unspecified atom stereocenters. The molecular weight excluding hydrogens is 296 g/mol. The number of hydrogen-bond acceptors (Lipinski definition) is 4. The second-order valence-electron chi connectivity index (χ2n) is 5.95. The maximum Gasteiger partial charge on any atom is 0.339 e. The summed E-state index contributed by atoms with van der Waals surface area (Å²) < 4.78 is 5.04. The van der Waals surface area contributed by atoms with E-state index in [1.165, 1.54) is 6.07 Å². The summed E-state index contributed by atoms with van der Waals surface area (Å²) in [5.41, 5.74) is -0.0669. The molecule has 0 aliphatic carbocycles. The molecule has 2 N–H and O–H groups in total. The van der Waals surface area contributed by atoms with Gasteiger partial charge in [0.05, 0.1) is 5.56 Å². The largest absolute Gasteiger partial charge is 0.452 e. The average molecular weight is 316 g/mol. The van der Waals surface area contributed by atoms with Crippen molar-refractivity contribution < 1.29 is 14.3 Å². The Morgan fingerprint density at radius 1 is 1.26 bits per heavy atom. The number of nitrogens with one attached hydrogen (secondary N) is 2. The maximum atomic E-state index is 12.2. The summed E-state index contributed by atoms with van der Waals surface area (Å²) in [6, 6.07) is 8.10. The van der Waals surface area contributed by atoms with Gasteiger partial charge < -0.3 is 15.0 Å². The number of aromatic nitrogens is 1. The number of fused-ring (bicyclic) bond motifs is 1. The molecule has 1 aromatic carbocycles. The molecule has 6 heteroatoms. The molecule has 0 aliphatic heterocycles. The van der Waals surface area contributed by atoms with Crippen molar-refractivity contribution in [1.82, 2.24) is 10.3 Å². The number of benzene rings is 1. The van der Waals surface area contributed by atoms with Crippen molar-refractivity contribution in [2.75, 3.05) is 6.61 Å². The van der Waals surface area contributed by atoms with Crippen LogP contribution in [0.1, 0.15) is 37.6 Å². The summed E-state index contributed by atoms with van der Waals surface area (Å²) in [5.74, 6) is -1.07. The third kappa shape index (κ3) is 4.18. The van der Waals surface area contributed by atoms with E-state index in [4.69, 9.17) is 4.74 Å². The number of rotatable bonds is 5. The van der Waals surface area contributed by atoms with Crippen LogP contribution in [0, 0.1) is 0 Å². The molecule has 6 nitrogen and oxygen atoms in total. The predicted octanol–water partition coefficient (Wildman–Crippen LogP) is 1.99. The number of aromatic amines is 1. The second kappa shape index (κ2) is 6.64. The SMILES string of the molecule is CCC(C)(C)NC(=O)COC(=O)c1cc(=O)[nH]c2ccccc12. The van der Waals surface area contributed by atoms with Crippen molar-refractivity contribution in [3.05, 3.63) is 46.2 Å². The standard InChI is InChI=1S/C17H20N2O4/c1-4-17(2,3)19-15(21)10-23-16(22)12-9-14(20)18-13-8-6-5-7-11(12)13/h5-9H,4,10H2,1-3H3,(H,18,20)(H,19,21). The van der Waals surface area contributed by atoms with Gasteiger partial charge in [0.15, 0.2) is 6.61 Å². The predicted molar refractivity (Wildman–Crippen MR) is 87.4 cm³/mol. The third-order valence-electron chi connectivity index (χ3n) is 3.67. The molecule has 0 aliphatic rings. The van der Waals surface area contributed by atoms with Gasteiger partial charge in [-0.05, 0) is 26.3 Å². The minimum absolute atomic E-state index is 0.145. The Hall–Kier alpha value is -2.63. The van der Waals surface area contributed by atoms with Gasteiger partial charge in [-0.3, -0.25) is 9.59 Å². The molecule has 23 heavy (non-hydrogen) atoms. The first-order chi connectivity index (χ1) is 10.8. The van der Waals surface area contributed by atoms with E-state index < -0.39 is 11.5 Å². The molecule has 0 atom stereocenters. The zero-order valence-corrected chi connectivity index (χ0v) is 13.4. The van der Waals surface area contributed by atoms with E-state index in [9.17, 15) is 14.4 Å². The maximum absolute atomic E-state index is 12.2. The number of ether oxygens (including phenoxy) is 1. The number of para-hydroxylation sites is 1. The Morgan fingerprint density at radius 3 is 2.65 bits per heavy atom. The summed E-state index contributed by atoms with van der Waals surface area (Å²) in [7, 11) is 0. The van der Waals surface area contributed by atoms with E-state index in [1.54, 1.807) is 24.3 Å². The third-order valence-corrected chi connectivity index (χ3v) is 3.67. The second-order valence-corrected chi connectivity index (χ2v) is 5.95. The van der Waals surface area contributed by atoms with E-state index in [1.807, 2.05) is 20.8 Å². The van der Waals surface area contributed by atoms with Crippen molar-refractivity contribution in [3.8, 4) is 0 Å².